The molecule has 1 nitrogen and oxygen atoms in total. The summed E-state index contributed by atoms with van der Waals surface area (Å²) in [6, 6.07) is 8.98. The minimum Gasteiger partial charge on any atom is -0.316 e. The van der Waals surface area contributed by atoms with Crippen molar-refractivity contribution < 1.29 is 0 Å². The lowest BCUT2D eigenvalue weighted by Crippen LogP contribution is -2.27. The molecule has 1 rings (SSSR count). The summed E-state index contributed by atoms with van der Waals surface area (Å²) >= 11 is 3.50. The first-order valence-corrected chi connectivity index (χ1v) is 6.53. The molecule has 0 heterocycles. The molecular weight excluding hydrogens is 262 g/mol. The van der Waals surface area contributed by atoms with Gasteiger partial charge in [0.2, 0.25) is 0 Å². The van der Waals surface area contributed by atoms with Crippen LogP contribution in [0.2, 0.25) is 0 Å². The third kappa shape index (κ3) is 4.50. The first kappa shape index (κ1) is 13.5. The molecule has 1 N–H and O–H groups in total. The number of hydrogen-bond acceptors (Lipinski definition) is 1. The zero-order valence-electron chi connectivity index (χ0n) is 10.1. The second kappa shape index (κ2) is 6.87. The van der Waals surface area contributed by atoms with Gasteiger partial charge >= 0.3 is 0 Å². The zero-order valence-corrected chi connectivity index (χ0v) is 11.7. The van der Waals surface area contributed by atoms with E-state index in [2.05, 4.69) is 59.0 Å². The second-order valence-corrected chi connectivity index (χ2v) is 5.04. The van der Waals surface area contributed by atoms with Crippen LogP contribution >= 0.6 is 15.9 Å². The molecule has 1 unspecified atom stereocenters. The maximum absolute atomic E-state index is 4.07. The van der Waals surface area contributed by atoms with Crippen LogP contribution in [0.4, 0.5) is 0 Å². The minimum absolute atomic E-state index is 0.488. The first-order chi connectivity index (χ1) is 7.65. The molecule has 0 amide bonds. The topological polar surface area (TPSA) is 12.0 Å². The summed E-state index contributed by atoms with van der Waals surface area (Å²) in [6.07, 6.45) is 3.17. The van der Waals surface area contributed by atoms with Crippen LogP contribution in [0.15, 0.2) is 40.9 Å². The third-order valence-electron chi connectivity index (χ3n) is 2.81. The van der Waals surface area contributed by atoms with Crippen molar-refractivity contribution in [2.75, 3.05) is 7.05 Å². The van der Waals surface area contributed by atoms with Gasteiger partial charge in [-0.25, -0.2) is 0 Å². The Bertz CT molecular complexity index is 346. The molecule has 0 aliphatic rings. The highest BCUT2D eigenvalue weighted by Gasteiger charge is 2.08. The fraction of sp³-hybridized carbons (Fsp3) is 0.429. The van der Waals surface area contributed by atoms with Gasteiger partial charge in [-0.05, 0) is 44.0 Å². The van der Waals surface area contributed by atoms with E-state index in [1.807, 2.05) is 7.05 Å². The maximum Gasteiger partial charge on any atom is 0.0178 e. The Kier molecular flexibility index (Phi) is 5.78. The summed E-state index contributed by atoms with van der Waals surface area (Å²) in [5, 5.41) is 3.36. The molecular formula is C14H20BrN. The largest absolute Gasteiger partial charge is 0.316 e. The number of benzene rings is 1. The van der Waals surface area contributed by atoms with Gasteiger partial charge in [0.05, 0.1) is 0 Å². The van der Waals surface area contributed by atoms with E-state index in [0.29, 0.717) is 6.04 Å². The van der Waals surface area contributed by atoms with Gasteiger partial charge in [-0.3, -0.25) is 0 Å². The van der Waals surface area contributed by atoms with Crippen molar-refractivity contribution in [3.63, 3.8) is 0 Å². The van der Waals surface area contributed by atoms with Gasteiger partial charge < -0.3 is 5.32 Å². The maximum atomic E-state index is 4.07. The van der Waals surface area contributed by atoms with Crippen LogP contribution in [0.25, 0.3) is 0 Å². The standard InChI is InChI=1S/C14H20BrN/c1-4-11(2)8-14(16-3)10-12-6-5-7-13(15)9-12/h5-7,9,14,16H,2,4,8,10H2,1,3H3. The fourth-order valence-electron chi connectivity index (χ4n) is 1.72. The Morgan fingerprint density at radius 2 is 2.25 bits per heavy atom. The van der Waals surface area contributed by atoms with Crippen LogP contribution in [0, 0.1) is 0 Å². The number of likely N-dealkylation sites (N-methyl/N-ethyl adjacent to an activating group) is 1. The van der Waals surface area contributed by atoms with Gasteiger partial charge in [0.15, 0.2) is 0 Å². The van der Waals surface area contributed by atoms with E-state index >= 15 is 0 Å². The van der Waals surface area contributed by atoms with E-state index in [4.69, 9.17) is 0 Å². The summed E-state index contributed by atoms with van der Waals surface area (Å²) in [4.78, 5) is 0. The average Bonchev–Trinajstić information content (AvgIpc) is 2.28. The molecule has 0 bridgehead atoms. The van der Waals surface area contributed by atoms with E-state index in [1.54, 1.807) is 0 Å². The monoisotopic (exact) mass is 281 g/mol. The van der Waals surface area contributed by atoms with Crippen molar-refractivity contribution in [3.8, 4) is 0 Å². The normalized spacial score (nSPS) is 12.4. The quantitative estimate of drug-likeness (QED) is 0.779. The SMILES string of the molecule is C=C(CC)CC(Cc1cccc(Br)c1)NC. The number of hydrogen-bond donors (Lipinski definition) is 1. The molecule has 1 aromatic carbocycles. The Morgan fingerprint density at radius 3 is 2.81 bits per heavy atom. The smallest absolute Gasteiger partial charge is 0.0178 e. The average molecular weight is 282 g/mol. The van der Waals surface area contributed by atoms with E-state index in [0.717, 1.165) is 23.7 Å². The lowest BCUT2D eigenvalue weighted by molar-refractivity contribution is 0.549. The Morgan fingerprint density at radius 1 is 1.50 bits per heavy atom. The highest BCUT2D eigenvalue weighted by molar-refractivity contribution is 9.10. The number of halogens is 1. The second-order valence-electron chi connectivity index (χ2n) is 4.13. The van der Waals surface area contributed by atoms with E-state index in [1.165, 1.54) is 11.1 Å². The molecule has 16 heavy (non-hydrogen) atoms. The van der Waals surface area contributed by atoms with Crippen LogP contribution in [0.1, 0.15) is 25.3 Å². The predicted octanol–water partition coefficient (Wildman–Crippen LogP) is 3.94. The van der Waals surface area contributed by atoms with Gasteiger partial charge in [0, 0.05) is 10.5 Å². The molecule has 0 fully saturated rings. The molecule has 1 aromatic rings. The molecule has 0 spiro atoms. The van der Waals surface area contributed by atoms with Crippen molar-refractivity contribution in [1.82, 2.24) is 5.32 Å². The molecule has 0 aliphatic heterocycles. The minimum atomic E-state index is 0.488. The van der Waals surface area contributed by atoms with Crippen molar-refractivity contribution in [2.24, 2.45) is 0 Å². The third-order valence-corrected chi connectivity index (χ3v) is 3.31. The lowest BCUT2D eigenvalue weighted by Gasteiger charge is -2.17. The van der Waals surface area contributed by atoms with Gasteiger partial charge in [-0.15, -0.1) is 0 Å². The van der Waals surface area contributed by atoms with Crippen molar-refractivity contribution in [1.29, 1.82) is 0 Å². The molecule has 1 atom stereocenters. The summed E-state index contributed by atoms with van der Waals surface area (Å²) < 4.78 is 1.15. The van der Waals surface area contributed by atoms with E-state index in [-0.39, 0.29) is 0 Å². The van der Waals surface area contributed by atoms with E-state index < -0.39 is 0 Å². The fourth-order valence-corrected chi connectivity index (χ4v) is 2.16. The number of nitrogens with one attached hydrogen (secondary N) is 1. The van der Waals surface area contributed by atoms with Crippen molar-refractivity contribution in [2.45, 2.75) is 32.2 Å². The molecule has 0 saturated heterocycles. The highest BCUT2D eigenvalue weighted by atomic mass is 79.9. The van der Waals surface area contributed by atoms with Gasteiger partial charge in [-0.1, -0.05) is 47.1 Å². The molecule has 88 valence electrons. The highest BCUT2D eigenvalue weighted by Crippen LogP contribution is 2.16. The van der Waals surface area contributed by atoms with Crippen LogP contribution < -0.4 is 5.32 Å². The Balaban J connectivity index is 2.59. The molecule has 2 heteroatoms. The summed E-state index contributed by atoms with van der Waals surface area (Å²) in [7, 11) is 2.02. The summed E-state index contributed by atoms with van der Waals surface area (Å²) in [5.41, 5.74) is 2.67. The van der Waals surface area contributed by atoms with Crippen molar-refractivity contribution in [3.05, 3.63) is 46.5 Å². The molecule has 0 radical (unpaired) electrons. The molecule has 0 aromatic heterocycles. The molecule has 0 aliphatic carbocycles. The summed E-state index contributed by atoms with van der Waals surface area (Å²) in [6.45, 7) is 6.23. The van der Waals surface area contributed by atoms with Crippen LogP contribution in [0.3, 0.4) is 0 Å². The van der Waals surface area contributed by atoms with Crippen molar-refractivity contribution >= 4 is 15.9 Å². The summed E-state index contributed by atoms with van der Waals surface area (Å²) in [5.74, 6) is 0. The molecule has 0 saturated carbocycles. The van der Waals surface area contributed by atoms with Gasteiger partial charge in [-0.2, -0.15) is 0 Å². The first-order valence-electron chi connectivity index (χ1n) is 5.74. The lowest BCUT2D eigenvalue weighted by atomic mass is 9.99. The van der Waals surface area contributed by atoms with Crippen LogP contribution in [-0.2, 0) is 6.42 Å². The van der Waals surface area contributed by atoms with E-state index in [9.17, 15) is 0 Å². The van der Waals surface area contributed by atoms with Gasteiger partial charge in [0.25, 0.3) is 0 Å². The Labute approximate surface area is 107 Å². The van der Waals surface area contributed by atoms with Gasteiger partial charge in [0.1, 0.15) is 0 Å². The van der Waals surface area contributed by atoms with Crippen LogP contribution in [0.5, 0.6) is 0 Å². The number of rotatable bonds is 6. The predicted molar refractivity (Wildman–Crippen MR) is 74.7 cm³/mol. The van der Waals surface area contributed by atoms with Crippen LogP contribution in [-0.4, -0.2) is 13.1 Å². The zero-order chi connectivity index (χ0) is 12.0. The Hall–Kier alpha value is -0.600.